The molecule has 8 heteroatoms. The molecule has 1 atom stereocenters. The molecule has 0 spiro atoms. The van der Waals surface area contributed by atoms with Crippen molar-refractivity contribution in [2.45, 2.75) is 40.2 Å². The Labute approximate surface area is 177 Å². The van der Waals surface area contributed by atoms with E-state index >= 15 is 0 Å². The van der Waals surface area contributed by atoms with Gasteiger partial charge in [0.15, 0.2) is 5.78 Å². The number of hydrogen-bond donors (Lipinski definition) is 3. The predicted octanol–water partition coefficient (Wildman–Crippen LogP) is 3.86. The third kappa shape index (κ3) is 8.32. The molecule has 0 bridgehead atoms. The van der Waals surface area contributed by atoms with Crippen molar-refractivity contribution in [1.29, 1.82) is 5.26 Å². The molecule has 0 aliphatic heterocycles. The van der Waals surface area contributed by atoms with Gasteiger partial charge >= 0.3 is 0 Å². The molecular weight excluding hydrogens is 384 g/mol. The number of Topliss-reactive ketones (excluding diaryl/α,β-unsaturated/α-hetero) is 1. The van der Waals surface area contributed by atoms with Crippen LogP contribution in [0.15, 0.2) is 60.8 Å². The summed E-state index contributed by atoms with van der Waals surface area (Å²) < 4.78 is 0. The second kappa shape index (κ2) is 15.5. The van der Waals surface area contributed by atoms with E-state index in [1.165, 1.54) is 0 Å². The summed E-state index contributed by atoms with van der Waals surface area (Å²) in [6.07, 6.45) is -1.72. The van der Waals surface area contributed by atoms with Crippen LogP contribution in [-0.2, 0) is 0 Å². The van der Waals surface area contributed by atoms with E-state index in [9.17, 15) is 20.0 Å². The second-order valence-corrected chi connectivity index (χ2v) is 5.26. The minimum atomic E-state index is -1.38. The molecule has 0 aliphatic rings. The number of benzene rings is 2. The van der Waals surface area contributed by atoms with Crippen molar-refractivity contribution in [2.24, 2.45) is 11.7 Å². The standard InChI is InChI=1S/C18H14N2O4.2C2H6.H4N2/c1-11(12(2)20(23)24)17(21)9-18(22)15-6-5-14-4-3-13(10-19)7-16(14)8-15;3*1-2/h3-8,17,21H,1-2,9H2;2*1-2H3;1-2H2. The molecule has 30 heavy (non-hydrogen) atoms. The summed E-state index contributed by atoms with van der Waals surface area (Å²) in [5.74, 6) is 7.61. The molecule has 0 aliphatic carbocycles. The maximum Gasteiger partial charge on any atom is 0.267 e. The highest BCUT2D eigenvalue weighted by atomic mass is 16.6. The molecule has 1 unspecified atom stereocenters. The number of nitrogens with zero attached hydrogens (tertiary/aromatic N) is 2. The Bertz CT molecular complexity index is 917. The Morgan fingerprint density at radius 1 is 1.13 bits per heavy atom. The quantitative estimate of drug-likeness (QED) is 0.213. The summed E-state index contributed by atoms with van der Waals surface area (Å²) in [6, 6.07) is 12.1. The van der Waals surface area contributed by atoms with E-state index < -0.39 is 16.7 Å². The van der Waals surface area contributed by atoms with Crippen molar-refractivity contribution in [3.05, 3.63) is 82.1 Å². The topological polar surface area (TPSA) is 156 Å². The summed E-state index contributed by atoms with van der Waals surface area (Å²) in [6.45, 7) is 14.6. The molecule has 0 aromatic heterocycles. The van der Waals surface area contributed by atoms with Crippen LogP contribution < -0.4 is 11.7 Å². The van der Waals surface area contributed by atoms with Crippen LogP contribution in [-0.4, -0.2) is 21.9 Å². The number of nitrogens with two attached hydrogens (primary N) is 2. The minimum absolute atomic E-state index is 0.194. The van der Waals surface area contributed by atoms with Gasteiger partial charge in [0.25, 0.3) is 5.70 Å². The average molecular weight is 415 g/mol. The number of nitriles is 1. The molecule has 0 heterocycles. The van der Waals surface area contributed by atoms with Gasteiger partial charge < -0.3 is 5.11 Å². The highest BCUT2D eigenvalue weighted by Crippen LogP contribution is 2.21. The second-order valence-electron chi connectivity index (χ2n) is 5.26. The third-order valence-electron chi connectivity index (χ3n) is 3.66. The Morgan fingerprint density at radius 2 is 1.67 bits per heavy atom. The lowest BCUT2D eigenvalue weighted by Crippen LogP contribution is -2.19. The van der Waals surface area contributed by atoms with E-state index in [2.05, 4.69) is 24.8 Å². The van der Waals surface area contributed by atoms with Gasteiger partial charge in [-0.2, -0.15) is 5.26 Å². The molecule has 0 radical (unpaired) electrons. The van der Waals surface area contributed by atoms with E-state index in [4.69, 9.17) is 5.26 Å². The fourth-order valence-corrected chi connectivity index (χ4v) is 2.22. The number of carbonyl (C=O) groups excluding carboxylic acids is 1. The van der Waals surface area contributed by atoms with Crippen molar-refractivity contribution in [2.75, 3.05) is 0 Å². The van der Waals surface area contributed by atoms with E-state index in [0.717, 1.165) is 10.8 Å². The molecule has 162 valence electrons. The number of hydrogen-bond acceptors (Lipinski definition) is 7. The maximum atomic E-state index is 12.3. The predicted molar refractivity (Wildman–Crippen MR) is 120 cm³/mol. The van der Waals surface area contributed by atoms with Crippen LogP contribution in [0, 0.1) is 21.4 Å². The zero-order valence-electron chi connectivity index (χ0n) is 17.9. The molecule has 2 aromatic carbocycles. The van der Waals surface area contributed by atoms with Gasteiger partial charge in [-0.15, -0.1) is 0 Å². The number of ketones is 1. The molecule has 2 aromatic rings. The molecule has 0 amide bonds. The van der Waals surface area contributed by atoms with E-state index in [1.807, 2.05) is 33.8 Å². The Kier molecular flexibility index (Phi) is 14.9. The number of aliphatic hydroxyl groups is 1. The molecule has 0 saturated carbocycles. The highest BCUT2D eigenvalue weighted by molar-refractivity contribution is 6.00. The summed E-state index contributed by atoms with van der Waals surface area (Å²) in [4.78, 5) is 22.2. The maximum absolute atomic E-state index is 12.3. The van der Waals surface area contributed by atoms with Crippen LogP contribution in [0.2, 0.25) is 0 Å². The van der Waals surface area contributed by atoms with Crippen LogP contribution in [0.25, 0.3) is 10.8 Å². The van der Waals surface area contributed by atoms with Gasteiger partial charge in [-0.3, -0.25) is 26.6 Å². The van der Waals surface area contributed by atoms with Crippen molar-refractivity contribution in [3.63, 3.8) is 0 Å². The number of rotatable bonds is 6. The molecule has 5 N–H and O–H groups in total. The summed E-state index contributed by atoms with van der Waals surface area (Å²) in [5, 5.41) is 31.1. The number of aliphatic hydroxyl groups excluding tert-OH is 1. The largest absolute Gasteiger partial charge is 0.388 e. The summed E-state index contributed by atoms with van der Waals surface area (Å²) in [7, 11) is 0. The van der Waals surface area contributed by atoms with Gasteiger partial charge in [-0.25, -0.2) is 0 Å². The first-order valence-electron chi connectivity index (χ1n) is 9.34. The average Bonchev–Trinajstić information content (AvgIpc) is 2.80. The smallest absolute Gasteiger partial charge is 0.267 e. The van der Waals surface area contributed by atoms with Crippen LogP contribution >= 0.6 is 0 Å². The molecular formula is C22H30N4O4. The zero-order chi connectivity index (χ0) is 23.9. The van der Waals surface area contributed by atoms with Crippen molar-refractivity contribution >= 4 is 16.6 Å². The molecule has 0 fully saturated rings. The van der Waals surface area contributed by atoms with Gasteiger partial charge in [0.1, 0.15) is 0 Å². The van der Waals surface area contributed by atoms with E-state index in [1.54, 1.807) is 36.4 Å². The number of hydrazine groups is 1. The first-order chi connectivity index (χ1) is 14.3. The molecule has 2 rings (SSSR count). The van der Waals surface area contributed by atoms with Crippen molar-refractivity contribution < 1.29 is 14.8 Å². The number of carbonyl (C=O) groups is 1. The SMILES string of the molecule is C=C(C(=C)[N+](=O)[O-])C(O)CC(=O)c1ccc2ccc(C#N)cc2c1.CC.CC.NN. The van der Waals surface area contributed by atoms with E-state index in [-0.39, 0.29) is 17.8 Å². The fourth-order valence-electron chi connectivity index (χ4n) is 2.22. The van der Waals surface area contributed by atoms with Crippen molar-refractivity contribution in [3.8, 4) is 6.07 Å². The van der Waals surface area contributed by atoms with Crippen molar-refractivity contribution in [1.82, 2.24) is 0 Å². The lowest BCUT2D eigenvalue weighted by Gasteiger charge is -2.11. The van der Waals surface area contributed by atoms with E-state index in [0.29, 0.717) is 11.1 Å². The first kappa shape index (κ1) is 28.8. The summed E-state index contributed by atoms with van der Waals surface area (Å²) >= 11 is 0. The number of nitro groups is 1. The highest BCUT2D eigenvalue weighted by Gasteiger charge is 2.23. The third-order valence-corrected chi connectivity index (χ3v) is 3.66. The lowest BCUT2D eigenvalue weighted by molar-refractivity contribution is -0.421. The number of fused-ring (bicyclic) bond motifs is 1. The summed E-state index contributed by atoms with van der Waals surface area (Å²) in [5.41, 5.74) is 0.104. The fraction of sp³-hybridized carbons (Fsp3) is 0.273. The van der Waals surface area contributed by atoms with Gasteiger partial charge in [0.2, 0.25) is 0 Å². The van der Waals surface area contributed by atoms with Crippen LogP contribution in [0.5, 0.6) is 0 Å². The monoisotopic (exact) mass is 414 g/mol. The Hall–Kier alpha value is -3.38. The van der Waals surface area contributed by atoms with Gasteiger partial charge in [0, 0.05) is 12.0 Å². The van der Waals surface area contributed by atoms with Gasteiger partial charge in [0.05, 0.1) is 28.2 Å². The van der Waals surface area contributed by atoms with Gasteiger partial charge in [-0.05, 0) is 35.6 Å². The lowest BCUT2D eigenvalue weighted by atomic mass is 9.97. The zero-order valence-corrected chi connectivity index (χ0v) is 17.9. The Morgan fingerprint density at radius 3 is 2.17 bits per heavy atom. The minimum Gasteiger partial charge on any atom is -0.388 e. The van der Waals surface area contributed by atoms with Gasteiger partial charge in [-0.1, -0.05) is 52.5 Å². The molecule has 8 nitrogen and oxygen atoms in total. The van der Waals surface area contributed by atoms with Crippen LogP contribution in [0.4, 0.5) is 0 Å². The van der Waals surface area contributed by atoms with Crippen LogP contribution in [0.3, 0.4) is 0 Å². The normalized spacial score (nSPS) is 9.80. The Balaban J connectivity index is 0. The molecule has 0 saturated heterocycles. The first-order valence-corrected chi connectivity index (χ1v) is 9.34. The van der Waals surface area contributed by atoms with Crippen LogP contribution in [0.1, 0.15) is 50.0 Å².